The Bertz CT molecular complexity index is 36.9. The van der Waals surface area contributed by atoms with Gasteiger partial charge in [0.1, 0.15) is 10.8 Å². The largest absolute Gasteiger partial charge is 0.236 e. The molecule has 1 heteroatoms. The van der Waals surface area contributed by atoms with Crippen molar-refractivity contribution >= 4 is 0 Å². The van der Waals surface area contributed by atoms with E-state index in [9.17, 15) is 0 Å². The van der Waals surface area contributed by atoms with Crippen molar-refractivity contribution in [3.63, 3.8) is 0 Å². The SMILES string of the molecule is C[C@@H]1[Cl+][C@H]1C. The van der Waals surface area contributed by atoms with Gasteiger partial charge in [0.15, 0.2) is 0 Å². The first kappa shape index (κ1) is 3.48. The molecular weight excluding hydrogens is 83.5 g/mol. The van der Waals surface area contributed by atoms with Crippen LogP contribution in [0.5, 0.6) is 0 Å². The van der Waals surface area contributed by atoms with Crippen LogP contribution in [0, 0.1) is 10.8 Å². The summed E-state index contributed by atoms with van der Waals surface area (Å²) in [4.78, 5) is 0. The van der Waals surface area contributed by atoms with Gasteiger partial charge in [0, 0.05) is 0 Å². The summed E-state index contributed by atoms with van der Waals surface area (Å²) in [5.74, 6) is 0. The van der Waals surface area contributed by atoms with E-state index in [-0.39, 0.29) is 0 Å². The summed E-state index contributed by atoms with van der Waals surface area (Å²) in [6.45, 7) is 4.47. The second-order valence-corrected chi connectivity index (χ2v) is 3.11. The van der Waals surface area contributed by atoms with Gasteiger partial charge < -0.3 is 0 Å². The molecule has 0 aromatic heterocycles. The third-order valence-electron chi connectivity index (χ3n) is 0.963. The van der Waals surface area contributed by atoms with Gasteiger partial charge in [0.2, 0.25) is 10.8 Å². The molecule has 1 aliphatic rings. The summed E-state index contributed by atoms with van der Waals surface area (Å²) in [6.07, 6.45) is 0. The monoisotopic (exact) mass is 91.0 g/mol. The number of hydrogen-bond acceptors (Lipinski definition) is 0. The van der Waals surface area contributed by atoms with Gasteiger partial charge in [-0.15, -0.1) is 0 Å². The Morgan fingerprint density at radius 1 is 1.20 bits per heavy atom. The van der Waals surface area contributed by atoms with Crippen LogP contribution in [0.2, 0.25) is 0 Å². The second kappa shape index (κ2) is 0.874. The average Bonchev–Trinajstić information content (AvgIpc) is 1.79. The average molecular weight is 91.6 g/mol. The van der Waals surface area contributed by atoms with Crippen molar-refractivity contribution in [2.24, 2.45) is 0 Å². The Kier molecular flexibility index (Phi) is 0.608. The highest BCUT2D eigenvalue weighted by Gasteiger charge is 2.49. The lowest BCUT2D eigenvalue weighted by molar-refractivity contribution is -0.511. The lowest BCUT2D eigenvalue weighted by atomic mass is 10.4. The van der Waals surface area contributed by atoms with Crippen LogP contribution in [0.15, 0.2) is 0 Å². The molecule has 0 radical (unpaired) electrons. The molecule has 0 aliphatic carbocycles. The number of halogens is 1. The lowest BCUT2D eigenvalue weighted by Gasteiger charge is -1.45. The van der Waals surface area contributed by atoms with Crippen molar-refractivity contribution in [3.05, 3.63) is 0 Å². The summed E-state index contributed by atoms with van der Waals surface area (Å²) in [5, 5.41) is 1.82. The molecule has 0 aromatic rings. The Labute approximate surface area is 36.3 Å². The first-order chi connectivity index (χ1) is 2.30. The minimum atomic E-state index is 0.912. The fourth-order valence-electron chi connectivity index (χ4n) is 0.271. The number of hydrogen-bond donors (Lipinski definition) is 0. The zero-order valence-corrected chi connectivity index (χ0v) is 4.29. The van der Waals surface area contributed by atoms with E-state index in [1.807, 2.05) is 0 Å². The van der Waals surface area contributed by atoms with Crippen LogP contribution >= 0.6 is 0 Å². The van der Waals surface area contributed by atoms with E-state index in [0.29, 0.717) is 0 Å². The molecule has 1 fully saturated rings. The Morgan fingerprint density at radius 2 is 1.40 bits per heavy atom. The van der Waals surface area contributed by atoms with Crippen LogP contribution < -0.4 is 0 Å². The molecule has 0 N–H and O–H groups in total. The number of rotatable bonds is 0. The molecule has 1 heterocycles. The molecule has 30 valence electrons. The van der Waals surface area contributed by atoms with Crippen LogP contribution in [0.3, 0.4) is 0 Å². The molecule has 1 aliphatic heterocycles. The quantitative estimate of drug-likeness (QED) is 0.388. The predicted molar refractivity (Wildman–Crippen MR) is 18.9 cm³/mol. The van der Waals surface area contributed by atoms with E-state index in [1.54, 1.807) is 0 Å². The molecule has 1 saturated heterocycles. The van der Waals surface area contributed by atoms with Gasteiger partial charge in [-0.25, -0.2) is 0 Å². The second-order valence-electron chi connectivity index (χ2n) is 1.48. The van der Waals surface area contributed by atoms with Crippen molar-refractivity contribution in [3.8, 4) is 0 Å². The molecule has 0 bridgehead atoms. The van der Waals surface area contributed by atoms with Gasteiger partial charge in [-0.3, -0.25) is 0 Å². The Balaban J connectivity index is 2.20. The Hall–Kier alpha value is 0.290. The summed E-state index contributed by atoms with van der Waals surface area (Å²) in [6, 6.07) is 0. The molecular formula is C4H8Cl+. The van der Waals surface area contributed by atoms with E-state index >= 15 is 0 Å². The van der Waals surface area contributed by atoms with E-state index < -0.39 is 0 Å². The fourth-order valence-corrected chi connectivity index (χ4v) is 0.814. The topological polar surface area (TPSA) is 0 Å². The van der Waals surface area contributed by atoms with Crippen molar-refractivity contribution in [1.82, 2.24) is 0 Å². The van der Waals surface area contributed by atoms with Crippen LogP contribution in [-0.2, 0) is 0 Å². The van der Waals surface area contributed by atoms with E-state index in [0.717, 1.165) is 10.8 Å². The third-order valence-corrected chi connectivity index (χ3v) is 2.22. The van der Waals surface area contributed by atoms with Crippen LogP contribution in [0.1, 0.15) is 13.8 Å². The van der Waals surface area contributed by atoms with Gasteiger partial charge in [-0.1, -0.05) is 0 Å². The highest BCUT2D eigenvalue weighted by atomic mass is 35.5. The van der Waals surface area contributed by atoms with Gasteiger partial charge >= 0.3 is 0 Å². The molecule has 0 spiro atoms. The van der Waals surface area contributed by atoms with Crippen LogP contribution in [-0.4, -0.2) is 10.8 Å². The summed E-state index contributed by atoms with van der Waals surface area (Å²) in [5.41, 5.74) is 0. The van der Waals surface area contributed by atoms with Crippen molar-refractivity contribution in [2.75, 3.05) is 0 Å². The fraction of sp³-hybridized carbons (Fsp3) is 1.00. The minimum Gasteiger partial charge on any atom is -0.00100 e. The molecule has 0 unspecified atom stereocenters. The first-order valence-corrected chi connectivity index (χ1v) is 2.80. The molecule has 1 rings (SSSR count). The molecule has 0 aromatic carbocycles. The van der Waals surface area contributed by atoms with Gasteiger partial charge in [0.25, 0.3) is 0 Å². The summed E-state index contributed by atoms with van der Waals surface area (Å²) < 4.78 is 0. The Morgan fingerprint density at radius 3 is 1.40 bits per heavy atom. The number of alkyl halides is 2. The van der Waals surface area contributed by atoms with E-state index in [1.165, 1.54) is 0 Å². The molecule has 0 amide bonds. The van der Waals surface area contributed by atoms with E-state index in [2.05, 4.69) is 24.6 Å². The molecule has 0 nitrogen and oxygen atoms in total. The van der Waals surface area contributed by atoms with Crippen LogP contribution in [0.25, 0.3) is 0 Å². The van der Waals surface area contributed by atoms with Gasteiger partial charge in [-0.2, -0.15) is 0 Å². The predicted octanol–water partition coefficient (Wildman–Crippen LogP) is 0.862. The molecule has 2 atom stereocenters. The summed E-state index contributed by atoms with van der Waals surface area (Å²) >= 11 is 0. The standard InChI is InChI=1S/C4H8Cl/c1-3-4(2)5-3/h3-4H,1-2H3/q+1/t3-,4-/m0/s1. The zero-order valence-electron chi connectivity index (χ0n) is 3.53. The maximum absolute atomic E-state index is 2.43. The zero-order chi connectivity index (χ0) is 3.86. The summed E-state index contributed by atoms with van der Waals surface area (Å²) in [7, 11) is 2.43. The molecule has 5 heavy (non-hydrogen) atoms. The normalized spacial score (nSPS) is 49.2. The van der Waals surface area contributed by atoms with Gasteiger partial charge in [0.05, 0.1) is 0 Å². The smallest absolute Gasteiger partial charge is 0.00100 e. The third kappa shape index (κ3) is 0.569. The maximum Gasteiger partial charge on any atom is 0.236 e. The van der Waals surface area contributed by atoms with Crippen molar-refractivity contribution in [2.45, 2.75) is 24.6 Å². The van der Waals surface area contributed by atoms with Crippen LogP contribution in [0.4, 0.5) is 0 Å². The molecule has 0 saturated carbocycles. The first-order valence-electron chi connectivity index (χ1n) is 1.92. The highest BCUT2D eigenvalue weighted by molar-refractivity contribution is 4.63. The van der Waals surface area contributed by atoms with Crippen molar-refractivity contribution in [1.29, 1.82) is 0 Å². The van der Waals surface area contributed by atoms with E-state index in [4.69, 9.17) is 0 Å². The maximum atomic E-state index is 2.43. The minimum absolute atomic E-state index is 0.912. The lowest BCUT2D eigenvalue weighted by Crippen LogP contribution is -1.74. The highest BCUT2D eigenvalue weighted by Crippen LogP contribution is 2.20. The van der Waals surface area contributed by atoms with Crippen molar-refractivity contribution < 1.29 is 10.8 Å². The van der Waals surface area contributed by atoms with Gasteiger partial charge in [-0.05, 0) is 13.8 Å².